The first-order valence-electron chi connectivity index (χ1n) is 6.57. The molecular weight excluding hydrogens is 323 g/mol. The van der Waals surface area contributed by atoms with Crippen molar-refractivity contribution in [3.05, 3.63) is 58.7 Å². The highest BCUT2D eigenvalue weighted by atomic mass is 35.5. The molecule has 3 rings (SSSR count). The van der Waals surface area contributed by atoms with Gasteiger partial charge < -0.3 is 15.0 Å². The molecule has 0 radical (unpaired) electrons. The number of nitrogens with one attached hydrogen (secondary N) is 2. The highest BCUT2D eigenvalue weighted by Gasteiger charge is 2.07. The summed E-state index contributed by atoms with van der Waals surface area (Å²) in [7, 11) is 0. The number of carbonyl (C=O) groups is 1. The molecule has 0 saturated carbocycles. The summed E-state index contributed by atoms with van der Waals surface area (Å²) in [6, 6.07) is 12.4. The van der Waals surface area contributed by atoms with E-state index in [9.17, 15) is 4.79 Å². The number of carbonyl (C=O) groups excluding carboxylic acids is 1. The number of hydrogen-bond acceptors (Lipinski definition) is 2. The van der Waals surface area contributed by atoms with Gasteiger partial charge in [-0.2, -0.15) is 0 Å². The fraction of sp³-hybridized carbons (Fsp3) is 0.0625. The lowest BCUT2D eigenvalue weighted by Gasteiger charge is -2.09. The van der Waals surface area contributed by atoms with E-state index in [4.69, 9.17) is 27.9 Å². The first-order chi connectivity index (χ1) is 10.6. The molecule has 4 nitrogen and oxygen atoms in total. The smallest absolute Gasteiger partial charge is 0.262 e. The lowest BCUT2D eigenvalue weighted by Crippen LogP contribution is -2.20. The van der Waals surface area contributed by atoms with Gasteiger partial charge in [0, 0.05) is 22.4 Å². The van der Waals surface area contributed by atoms with Gasteiger partial charge in [0.1, 0.15) is 5.75 Å². The Balaban J connectivity index is 1.62. The van der Waals surface area contributed by atoms with Crippen LogP contribution in [0.25, 0.3) is 10.9 Å². The summed E-state index contributed by atoms with van der Waals surface area (Å²) in [6.45, 7) is -0.135. The molecule has 0 bridgehead atoms. The molecule has 0 aliphatic carbocycles. The zero-order chi connectivity index (χ0) is 15.5. The minimum Gasteiger partial charge on any atom is -0.482 e. The predicted molar refractivity (Wildman–Crippen MR) is 88.9 cm³/mol. The second kappa shape index (κ2) is 6.30. The highest BCUT2D eigenvalue weighted by molar-refractivity contribution is 6.35. The Morgan fingerprint density at radius 3 is 2.82 bits per heavy atom. The molecule has 2 aromatic carbocycles. The predicted octanol–water partition coefficient (Wildman–Crippen LogP) is 4.49. The lowest BCUT2D eigenvalue weighted by atomic mass is 10.2. The second-order valence-corrected chi connectivity index (χ2v) is 5.53. The lowest BCUT2D eigenvalue weighted by molar-refractivity contribution is -0.118. The molecule has 1 heterocycles. The van der Waals surface area contributed by atoms with Crippen LogP contribution >= 0.6 is 23.2 Å². The number of aromatic nitrogens is 1. The molecule has 0 spiro atoms. The Hall–Kier alpha value is -2.17. The van der Waals surface area contributed by atoms with E-state index in [2.05, 4.69) is 10.3 Å². The molecule has 0 atom stereocenters. The first kappa shape index (κ1) is 14.8. The summed E-state index contributed by atoms with van der Waals surface area (Å²) in [6.07, 6.45) is 1.85. The van der Waals surface area contributed by atoms with Gasteiger partial charge in [-0.1, -0.05) is 29.3 Å². The van der Waals surface area contributed by atoms with E-state index >= 15 is 0 Å². The number of rotatable bonds is 4. The number of aromatic amines is 1. The van der Waals surface area contributed by atoms with Crippen molar-refractivity contribution < 1.29 is 9.53 Å². The first-order valence-corrected chi connectivity index (χ1v) is 7.32. The summed E-state index contributed by atoms with van der Waals surface area (Å²) >= 11 is 11.8. The summed E-state index contributed by atoms with van der Waals surface area (Å²) < 4.78 is 5.39. The zero-order valence-corrected chi connectivity index (χ0v) is 12.9. The molecule has 0 aliphatic heterocycles. The number of fused-ring (bicyclic) bond motifs is 1. The SMILES string of the molecule is O=C(COc1ccc(Cl)cc1Cl)Nc1ccc2cc[nH]c2c1. The van der Waals surface area contributed by atoms with E-state index in [-0.39, 0.29) is 12.5 Å². The van der Waals surface area contributed by atoms with Crippen molar-refractivity contribution in [2.45, 2.75) is 0 Å². The molecule has 0 unspecified atom stereocenters. The van der Waals surface area contributed by atoms with E-state index in [1.54, 1.807) is 18.2 Å². The van der Waals surface area contributed by atoms with Gasteiger partial charge in [0.2, 0.25) is 0 Å². The van der Waals surface area contributed by atoms with Gasteiger partial charge in [-0.3, -0.25) is 4.79 Å². The van der Waals surface area contributed by atoms with Crippen molar-refractivity contribution in [2.75, 3.05) is 11.9 Å². The average Bonchev–Trinajstić information content (AvgIpc) is 2.94. The number of H-pyrrole nitrogens is 1. The van der Waals surface area contributed by atoms with Gasteiger partial charge in [0.15, 0.2) is 6.61 Å². The minimum absolute atomic E-state index is 0.135. The van der Waals surface area contributed by atoms with E-state index in [1.165, 1.54) is 0 Å². The van der Waals surface area contributed by atoms with Crippen molar-refractivity contribution in [2.24, 2.45) is 0 Å². The van der Waals surface area contributed by atoms with Gasteiger partial charge in [-0.05, 0) is 41.8 Å². The number of benzene rings is 2. The molecule has 6 heteroatoms. The van der Waals surface area contributed by atoms with E-state index < -0.39 is 0 Å². The normalized spacial score (nSPS) is 10.6. The van der Waals surface area contributed by atoms with Gasteiger partial charge >= 0.3 is 0 Å². The van der Waals surface area contributed by atoms with Gasteiger partial charge in [-0.15, -0.1) is 0 Å². The van der Waals surface area contributed by atoms with Gasteiger partial charge in [0.25, 0.3) is 5.91 Å². The van der Waals surface area contributed by atoms with Crippen LogP contribution in [0, 0.1) is 0 Å². The largest absolute Gasteiger partial charge is 0.482 e. The fourth-order valence-electron chi connectivity index (χ4n) is 2.06. The summed E-state index contributed by atoms with van der Waals surface area (Å²) in [4.78, 5) is 15.0. The van der Waals surface area contributed by atoms with Crippen LogP contribution in [0.15, 0.2) is 48.7 Å². The van der Waals surface area contributed by atoms with Gasteiger partial charge in [0.05, 0.1) is 5.02 Å². The van der Waals surface area contributed by atoms with E-state index in [0.29, 0.717) is 21.5 Å². The third-order valence-electron chi connectivity index (χ3n) is 3.09. The van der Waals surface area contributed by atoms with Crippen molar-refractivity contribution in [1.82, 2.24) is 4.98 Å². The molecular formula is C16H12Cl2N2O2. The molecule has 0 saturated heterocycles. The average molecular weight is 335 g/mol. The van der Waals surface area contributed by atoms with Crippen LogP contribution in [0.5, 0.6) is 5.75 Å². The molecule has 2 N–H and O–H groups in total. The summed E-state index contributed by atoms with van der Waals surface area (Å²) in [5, 5.41) is 4.74. The maximum absolute atomic E-state index is 11.9. The summed E-state index contributed by atoms with van der Waals surface area (Å²) in [5.41, 5.74) is 1.66. The zero-order valence-electron chi connectivity index (χ0n) is 11.4. The van der Waals surface area contributed by atoms with E-state index in [0.717, 1.165) is 10.9 Å². The molecule has 3 aromatic rings. The van der Waals surface area contributed by atoms with Crippen LogP contribution in [0.3, 0.4) is 0 Å². The maximum Gasteiger partial charge on any atom is 0.262 e. The standard InChI is InChI=1S/C16H12Cl2N2O2/c17-11-2-4-15(13(18)7-11)22-9-16(21)20-12-3-1-10-5-6-19-14(10)8-12/h1-8,19H,9H2,(H,20,21). The molecule has 0 aliphatic rings. The fourth-order valence-corrected chi connectivity index (χ4v) is 2.52. The third kappa shape index (κ3) is 3.35. The van der Waals surface area contributed by atoms with Crippen LogP contribution in [0.4, 0.5) is 5.69 Å². The summed E-state index contributed by atoms with van der Waals surface area (Å²) in [5.74, 6) is 0.151. The Morgan fingerprint density at radius 1 is 1.14 bits per heavy atom. The van der Waals surface area contributed by atoms with Crippen molar-refractivity contribution >= 4 is 45.7 Å². The Morgan fingerprint density at radius 2 is 2.00 bits per heavy atom. The molecule has 1 amide bonds. The van der Waals surface area contributed by atoms with Crippen LogP contribution < -0.4 is 10.1 Å². The van der Waals surface area contributed by atoms with Gasteiger partial charge in [-0.25, -0.2) is 0 Å². The number of ether oxygens (including phenoxy) is 1. The number of amides is 1. The Bertz CT molecular complexity index is 830. The number of hydrogen-bond donors (Lipinski definition) is 2. The number of halogens is 2. The van der Waals surface area contributed by atoms with Crippen LogP contribution in [-0.4, -0.2) is 17.5 Å². The van der Waals surface area contributed by atoms with E-state index in [1.807, 2.05) is 30.5 Å². The quantitative estimate of drug-likeness (QED) is 0.738. The topological polar surface area (TPSA) is 54.1 Å². The van der Waals surface area contributed by atoms with Crippen molar-refractivity contribution in [3.8, 4) is 5.75 Å². The van der Waals surface area contributed by atoms with Crippen LogP contribution in [0.1, 0.15) is 0 Å². The van der Waals surface area contributed by atoms with Crippen LogP contribution in [0.2, 0.25) is 10.0 Å². The number of anilines is 1. The highest BCUT2D eigenvalue weighted by Crippen LogP contribution is 2.27. The van der Waals surface area contributed by atoms with Crippen LogP contribution in [-0.2, 0) is 4.79 Å². The second-order valence-electron chi connectivity index (χ2n) is 4.69. The van der Waals surface area contributed by atoms with Crippen molar-refractivity contribution in [1.29, 1.82) is 0 Å². The third-order valence-corrected chi connectivity index (χ3v) is 3.62. The molecule has 112 valence electrons. The molecule has 1 aromatic heterocycles. The molecule has 22 heavy (non-hydrogen) atoms. The Labute approximate surface area is 137 Å². The van der Waals surface area contributed by atoms with Crippen molar-refractivity contribution in [3.63, 3.8) is 0 Å². The monoisotopic (exact) mass is 334 g/mol. The minimum atomic E-state index is -0.267. The Kier molecular flexibility index (Phi) is 4.22. The maximum atomic E-state index is 11.9. The molecule has 0 fully saturated rings.